The molecular weight excluding hydrogens is 277 g/mol. The summed E-state index contributed by atoms with van der Waals surface area (Å²) in [6.45, 7) is 3.48. The van der Waals surface area contributed by atoms with Crippen LogP contribution in [0.25, 0.3) is 0 Å². The van der Waals surface area contributed by atoms with Crippen molar-refractivity contribution in [3.05, 3.63) is 70.2 Å². The highest BCUT2D eigenvalue weighted by Gasteiger charge is 2.07. The van der Waals surface area contributed by atoms with Crippen LogP contribution in [0.3, 0.4) is 0 Å². The number of alkyl halides is 1. The monoisotopic (exact) mass is 293 g/mol. The zero-order chi connectivity index (χ0) is 13.7. The molecule has 19 heavy (non-hydrogen) atoms. The van der Waals surface area contributed by atoms with Crippen LogP contribution in [0, 0.1) is 6.92 Å². The molecule has 1 nitrogen and oxygen atoms in total. The van der Waals surface area contributed by atoms with Gasteiger partial charge < -0.3 is 5.32 Å². The van der Waals surface area contributed by atoms with Crippen LogP contribution in [0.4, 0.5) is 0 Å². The maximum Gasteiger partial charge on any atom is 0.0709 e. The second kappa shape index (κ2) is 6.95. The highest BCUT2D eigenvalue weighted by atomic mass is 35.5. The van der Waals surface area contributed by atoms with Crippen LogP contribution >= 0.6 is 23.2 Å². The number of rotatable bonds is 5. The molecule has 1 unspecified atom stereocenters. The molecule has 3 heteroatoms. The van der Waals surface area contributed by atoms with Crippen LogP contribution in [0.5, 0.6) is 0 Å². The molecule has 0 amide bonds. The Morgan fingerprint density at radius 3 is 2.53 bits per heavy atom. The maximum absolute atomic E-state index is 6.34. The second-order valence-electron chi connectivity index (χ2n) is 4.60. The largest absolute Gasteiger partial charge is 0.311 e. The fraction of sp³-hybridized carbons (Fsp3) is 0.250. The Morgan fingerprint density at radius 1 is 1.11 bits per heavy atom. The summed E-state index contributed by atoms with van der Waals surface area (Å²) in [4.78, 5) is 0. The normalized spacial score (nSPS) is 12.4. The van der Waals surface area contributed by atoms with Gasteiger partial charge in [-0.2, -0.15) is 0 Å². The van der Waals surface area contributed by atoms with Gasteiger partial charge in [0, 0.05) is 18.1 Å². The van der Waals surface area contributed by atoms with E-state index < -0.39 is 0 Å². The molecule has 0 saturated carbocycles. The van der Waals surface area contributed by atoms with Gasteiger partial charge in [0.05, 0.1) is 5.38 Å². The molecule has 0 aliphatic carbocycles. The highest BCUT2D eigenvalue weighted by Crippen LogP contribution is 2.20. The molecule has 0 fully saturated rings. The molecule has 0 aliphatic heterocycles. The first-order valence-electron chi connectivity index (χ1n) is 6.31. The molecular formula is C16H17Cl2N. The molecule has 0 saturated heterocycles. The van der Waals surface area contributed by atoms with Gasteiger partial charge >= 0.3 is 0 Å². The van der Waals surface area contributed by atoms with E-state index in [1.165, 1.54) is 5.56 Å². The number of halogens is 2. The predicted molar refractivity (Wildman–Crippen MR) is 82.9 cm³/mol. The van der Waals surface area contributed by atoms with E-state index in [4.69, 9.17) is 23.2 Å². The summed E-state index contributed by atoms with van der Waals surface area (Å²) in [5.41, 5.74) is 3.41. The van der Waals surface area contributed by atoms with Crippen molar-refractivity contribution in [2.45, 2.75) is 18.8 Å². The zero-order valence-electron chi connectivity index (χ0n) is 10.9. The van der Waals surface area contributed by atoms with Crippen molar-refractivity contribution in [3.63, 3.8) is 0 Å². The van der Waals surface area contributed by atoms with Crippen molar-refractivity contribution in [3.8, 4) is 0 Å². The third-order valence-electron chi connectivity index (χ3n) is 3.01. The van der Waals surface area contributed by atoms with Gasteiger partial charge in [-0.25, -0.2) is 0 Å². The van der Waals surface area contributed by atoms with E-state index in [0.29, 0.717) is 0 Å². The molecule has 0 aromatic heterocycles. The fourth-order valence-electron chi connectivity index (χ4n) is 1.91. The van der Waals surface area contributed by atoms with Crippen molar-refractivity contribution >= 4 is 23.2 Å². The molecule has 2 aromatic rings. The van der Waals surface area contributed by atoms with Gasteiger partial charge in [0.15, 0.2) is 0 Å². The smallest absolute Gasteiger partial charge is 0.0709 e. The van der Waals surface area contributed by atoms with Gasteiger partial charge in [-0.3, -0.25) is 0 Å². The molecule has 2 aromatic carbocycles. The third-order valence-corrected chi connectivity index (χ3v) is 3.77. The number of benzene rings is 2. The molecule has 0 aliphatic rings. The Morgan fingerprint density at radius 2 is 1.84 bits per heavy atom. The van der Waals surface area contributed by atoms with Crippen molar-refractivity contribution in [1.29, 1.82) is 0 Å². The summed E-state index contributed by atoms with van der Waals surface area (Å²) in [5, 5.41) is 4.13. The summed E-state index contributed by atoms with van der Waals surface area (Å²) in [7, 11) is 0. The highest BCUT2D eigenvalue weighted by molar-refractivity contribution is 6.31. The summed E-state index contributed by atoms with van der Waals surface area (Å²) in [6, 6.07) is 16.2. The average molecular weight is 294 g/mol. The molecule has 1 N–H and O–H groups in total. The second-order valence-corrected chi connectivity index (χ2v) is 5.54. The van der Waals surface area contributed by atoms with Crippen LogP contribution in [-0.4, -0.2) is 6.54 Å². The lowest BCUT2D eigenvalue weighted by Crippen LogP contribution is -2.18. The Balaban J connectivity index is 1.86. The van der Waals surface area contributed by atoms with Crippen molar-refractivity contribution in [2.75, 3.05) is 6.54 Å². The van der Waals surface area contributed by atoms with Crippen LogP contribution < -0.4 is 5.32 Å². The zero-order valence-corrected chi connectivity index (χ0v) is 12.4. The number of nitrogens with one attached hydrogen (secondary N) is 1. The van der Waals surface area contributed by atoms with E-state index in [0.717, 1.165) is 29.2 Å². The minimum absolute atomic E-state index is 0.0228. The molecule has 0 bridgehead atoms. The van der Waals surface area contributed by atoms with Gasteiger partial charge in [0.1, 0.15) is 0 Å². The van der Waals surface area contributed by atoms with Crippen LogP contribution in [0.2, 0.25) is 5.02 Å². The topological polar surface area (TPSA) is 12.0 Å². The first-order chi connectivity index (χ1) is 9.16. The molecule has 0 spiro atoms. The van der Waals surface area contributed by atoms with Crippen LogP contribution in [0.15, 0.2) is 48.5 Å². The Labute approximate surface area is 124 Å². The van der Waals surface area contributed by atoms with E-state index >= 15 is 0 Å². The molecule has 1 atom stereocenters. The first kappa shape index (κ1) is 14.4. The molecule has 2 rings (SSSR count). The average Bonchev–Trinajstić information content (AvgIpc) is 2.42. The Kier molecular flexibility index (Phi) is 5.26. The van der Waals surface area contributed by atoms with Gasteiger partial charge in [0.2, 0.25) is 0 Å². The van der Waals surface area contributed by atoms with Gasteiger partial charge in [-0.1, -0.05) is 54.1 Å². The number of hydrogen-bond donors (Lipinski definition) is 1. The standard InChI is InChI=1S/C16H17Cl2N/c1-12-7-8-14(15(17)9-12)10-19-11-16(18)13-5-3-2-4-6-13/h2-9,16,19H,10-11H2,1H3. The van der Waals surface area contributed by atoms with Crippen LogP contribution in [-0.2, 0) is 6.54 Å². The SMILES string of the molecule is Cc1ccc(CNCC(Cl)c2ccccc2)c(Cl)c1. The fourth-order valence-corrected chi connectivity index (χ4v) is 2.47. The first-order valence-corrected chi connectivity index (χ1v) is 7.13. The minimum atomic E-state index is -0.0228. The Bertz CT molecular complexity index is 526. The summed E-state index contributed by atoms with van der Waals surface area (Å²) >= 11 is 12.5. The third kappa shape index (κ3) is 4.24. The van der Waals surface area contributed by atoms with Crippen LogP contribution in [0.1, 0.15) is 22.1 Å². The van der Waals surface area contributed by atoms with Crippen molar-refractivity contribution in [2.24, 2.45) is 0 Å². The lowest BCUT2D eigenvalue weighted by molar-refractivity contribution is 0.674. The summed E-state index contributed by atoms with van der Waals surface area (Å²) in [5.74, 6) is 0. The lowest BCUT2D eigenvalue weighted by atomic mass is 10.1. The summed E-state index contributed by atoms with van der Waals surface area (Å²) < 4.78 is 0. The van der Waals surface area contributed by atoms with E-state index in [2.05, 4.69) is 17.4 Å². The van der Waals surface area contributed by atoms with Gasteiger partial charge in [-0.05, 0) is 29.7 Å². The molecule has 0 radical (unpaired) electrons. The van der Waals surface area contributed by atoms with Gasteiger partial charge in [0.25, 0.3) is 0 Å². The predicted octanol–water partition coefficient (Wildman–Crippen LogP) is 4.72. The summed E-state index contributed by atoms with van der Waals surface area (Å²) in [6.07, 6.45) is 0. The van der Waals surface area contributed by atoms with E-state index in [9.17, 15) is 0 Å². The van der Waals surface area contributed by atoms with Crippen molar-refractivity contribution < 1.29 is 0 Å². The Hall–Kier alpha value is -1.02. The van der Waals surface area contributed by atoms with E-state index in [-0.39, 0.29) is 5.38 Å². The van der Waals surface area contributed by atoms with E-state index in [1.807, 2.05) is 43.3 Å². The molecule has 0 heterocycles. The van der Waals surface area contributed by atoms with Crippen molar-refractivity contribution in [1.82, 2.24) is 5.32 Å². The van der Waals surface area contributed by atoms with Gasteiger partial charge in [-0.15, -0.1) is 11.6 Å². The maximum atomic E-state index is 6.34. The number of hydrogen-bond acceptors (Lipinski definition) is 1. The molecule has 100 valence electrons. The van der Waals surface area contributed by atoms with E-state index in [1.54, 1.807) is 0 Å². The lowest BCUT2D eigenvalue weighted by Gasteiger charge is -2.12. The quantitative estimate of drug-likeness (QED) is 0.787. The minimum Gasteiger partial charge on any atom is -0.311 e. The number of aryl methyl sites for hydroxylation is 1.